The van der Waals surface area contributed by atoms with Crippen LogP contribution in [0.2, 0.25) is 0 Å². The average Bonchev–Trinajstić information content (AvgIpc) is 2.74. The van der Waals surface area contributed by atoms with E-state index in [9.17, 15) is 0 Å². The molecule has 1 aromatic heterocycles. The highest BCUT2D eigenvalue weighted by molar-refractivity contribution is 5.84. The summed E-state index contributed by atoms with van der Waals surface area (Å²) in [5, 5.41) is 2.60. The number of hydrogen-bond donors (Lipinski definition) is 0. The van der Waals surface area contributed by atoms with Gasteiger partial charge in [0.2, 0.25) is 0 Å². The Morgan fingerprint density at radius 1 is 0.963 bits per heavy atom. The third kappa shape index (κ3) is 3.50. The molecule has 2 aliphatic heterocycles. The summed E-state index contributed by atoms with van der Waals surface area (Å²) in [5.74, 6) is 0. The van der Waals surface area contributed by atoms with Crippen molar-refractivity contribution in [2.24, 2.45) is 0 Å². The first kappa shape index (κ1) is 16.9. The predicted octanol–water partition coefficient (Wildman–Crippen LogP) is 4.26. The van der Waals surface area contributed by atoms with Crippen LogP contribution in [-0.4, -0.2) is 40.5 Å². The standard InChI is InChI=1S/C24H27N3/c1-2-6-21-17-27(14-11-19(21)5-1)23-9-4-13-26(18-23)16-22-8-3-7-20-15-25-12-10-24(20)22/h1-3,5-8,10,12,15,23H,4,9,11,13-14,16-18H2. The van der Waals surface area contributed by atoms with Crippen molar-refractivity contribution in [1.82, 2.24) is 14.8 Å². The highest BCUT2D eigenvalue weighted by Gasteiger charge is 2.28. The fourth-order valence-electron chi connectivity index (χ4n) is 4.87. The topological polar surface area (TPSA) is 19.4 Å². The Labute approximate surface area is 161 Å². The maximum atomic E-state index is 4.27. The van der Waals surface area contributed by atoms with Crippen LogP contribution in [0.5, 0.6) is 0 Å². The second-order valence-corrected chi connectivity index (χ2v) is 8.03. The number of pyridine rings is 1. The summed E-state index contributed by atoms with van der Waals surface area (Å²) < 4.78 is 0. The highest BCUT2D eigenvalue weighted by atomic mass is 15.2. The van der Waals surface area contributed by atoms with Gasteiger partial charge in [0.1, 0.15) is 0 Å². The quantitative estimate of drug-likeness (QED) is 0.698. The monoisotopic (exact) mass is 357 g/mol. The minimum atomic E-state index is 0.684. The van der Waals surface area contributed by atoms with Gasteiger partial charge in [-0.1, -0.05) is 42.5 Å². The minimum Gasteiger partial charge on any atom is -0.298 e. The number of hydrogen-bond acceptors (Lipinski definition) is 3. The Hall–Kier alpha value is -2.23. The third-order valence-corrected chi connectivity index (χ3v) is 6.32. The fraction of sp³-hybridized carbons (Fsp3) is 0.375. The number of nitrogens with zero attached hydrogens (tertiary/aromatic N) is 3. The van der Waals surface area contributed by atoms with Crippen molar-refractivity contribution < 1.29 is 0 Å². The molecule has 3 heterocycles. The van der Waals surface area contributed by atoms with Gasteiger partial charge < -0.3 is 0 Å². The lowest BCUT2D eigenvalue weighted by Crippen LogP contribution is -2.49. The lowest BCUT2D eigenvalue weighted by Gasteiger charge is -2.41. The fourth-order valence-corrected chi connectivity index (χ4v) is 4.87. The first-order valence-electron chi connectivity index (χ1n) is 10.2. The van der Waals surface area contributed by atoms with Crippen LogP contribution in [0.15, 0.2) is 60.9 Å². The molecule has 3 heteroatoms. The third-order valence-electron chi connectivity index (χ3n) is 6.32. The van der Waals surface area contributed by atoms with E-state index in [1.807, 2.05) is 12.4 Å². The van der Waals surface area contributed by atoms with Crippen molar-refractivity contribution in [1.29, 1.82) is 0 Å². The van der Waals surface area contributed by atoms with Crippen LogP contribution in [0.25, 0.3) is 10.8 Å². The number of likely N-dealkylation sites (tertiary alicyclic amines) is 1. The van der Waals surface area contributed by atoms with Crippen LogP contribution in [0.4, 0.5) is 0 Å². The second kappa shape index (κ2) is 7.41. The molecular formula is C24H27N3. The summed E-state index contributed by atoms with van der Waals surface area (Å²) >= 11 is 0. The van der Waals surface area contributed by atoms with Gasteiger partial charge in [0.05, 0.1) is 0 Å². The molecule has 1 atom stereocenters. The molecule has 0 saturated carbocycles. The van der Waals surface area contributed by atoms with Crippen molar-refractivity contribution in [3.8, 4) is 0 Å². The van der Waals surface area contributed by atoms with Gasteiger partial charge in [-0.05, 0) is 54.0 Å². The van der Waals surface area contributed by atoms with Gasteiger partial charge in [0, 0.05) is 50.0 Å². The van der Waals surface area contributed by atoms with E-state index < -0.39 is 0 Å². The molecule has 27 heavy (non-hydrogen) atoms. The summed E-state index contributed by atoms with van der Waals surface area (Å²) in [6, 6.07) is 18.4. The van der Waals surface area contributed by atoms with E-state index in [1.165, 1.54) is 60.8 Å². The zero-order chi connectivity index (χ0) is 18.1. The number of benzene rings is 2. The van der Waals surface area contributed by atoms with Gasteiger partial charge in [-0.3, -0.25) is 14.8 Å². The van der Waals surface area contributed by atoms with Crippen molar-refractivity contribution in [2.75, 3.05) is 19.6 Å². The van der Waals surface area contributed by atoms with Crippen molar-refractivity contribution in [3.63, 3.8) is 0 Å². The van der Waals surface area contributed by atoms with Gasteiger partial charge in [-0.15, -0.1) is 0 Å². The van der Waals surface area contributed by atoms with Gasteiger partial charge in [0.15, 0.2) is 0 Å². The summed E-state index contributed by atoms with van der Waals surface area (Å²) in [5.41, 5.74) is 4.51. The van der Waals surface area contributed by atoms with Gasteiger partial charge in [-0.25, -0.2) is 0 Å². The molecule has 1 fully saturated rings. The summed E-state index contributed by atoms with van der Waals surface area (Å²) in [6.07, 6.45) is 7.72. The lowest BCUT2D eigenvalue weighted by atomic mass is 9.95. The lowest BCUT2D eigenvalue weighted by molar-refractivity contribution is 0.0841. The molecule has 0 amide bonds. The molecule has 2 aromatic carbocycles. The summed E-state index contributed by atoms with van der Waals surface area (Å²) in [4.78, 5) is 9.65. The van der Waals surface area contributed by atoms with E-state index in [2.05, 4.69) is 63.3 Å². The second-order valence-electron chi connectivity index (χ2n) is 8.03. The first-order valence-corrected chi connectivity index (χ1v) is 10.2. The van der Waals surface area contributed by atoms with Gasteiger partial charge >= 0.3 is 0 Å². The van der Waals surface area contributed by atoms with Gasteiger partial charge in [0.25, 0.3) is 0 Å². The molecule has 0 radical (unpaired) electrons. The highest BCUT2D eigenvalue weighted by Crippen LogP contribution is 2.26. The SMILES string of the molecule is c1ccc2c(c1)CCN(C1CCCN(Cc3cccc4cnccc34)C1)C2. The van der Waals surface area contributed by atoms with Crippen LogP contribution >= 0.6 is 0 Å². The molecular weight excluding hydrogens is 330 g/mol. The number of aromatic nitrogens is 1. The zero-order valence-electron chi connectivity index (χ0n) is 15.8. The normalized spacial score (nSPS) is 21.3. The maximum absolute atomic E-state index is 4.27. The summed E-state index contributed by atoms with van der Waals surface area (Å²) in [6.45, 7) is 5.76. The molecule has 3 aromatic rings. The molecule has 1 unspecified atom stereocenters. The molecule has 1 saturated heterocycles. The van der Waals surface area contributed by atoms with E-state index in [0.717, 1.165) is 13.1 Å². The maximum Gasteiger partial charge on any atom is 0.0346 e. The predicted molar refractivity (Wildman–Crippen MR) is 111 cm³/mol. The Kier molecular flexibility index (Phi) is 4.64. The van der Waals surface area contributed by atoms with Crippen LogP contribution in [0, 0.1) is 0 Å². The van der Waals surface area contributed by atoms with E-state index in [4.69, 9.17) is 0 Å². The minimum absolute atomic E-state index is 0.684. The smallest absolute Gasteiger partial charge is 0.0346 e. The Morgan fingerprint density at radius 3 is 2.85 bits per heavy atom. The molecule has 2 aliphatic rings. The number of piperidine rings is 1. The molecule has 138 valence electrons. The van der Waals surface area contributed by atoms with E-state index >= 15 is 0 Å². The van der Waals surface area contributed by atoms with E-state index in [-0.39, 0.29) is 0 Å². The molecule has 5 rings (SSSR count). The Bertz CT molecular complexity index is 930. The Balaban J connectivity index is 1.30. The van der Waals surface area contributed by atoms with Gasteiger partial charge in [-0.2, -0.15) is 0 Å². The van der Waals surface area contributed by atoms with Crippen LogP contribution in [0.1, 0.15) is 29.5 Å². The molecule has 3 nitrogen and oxygen atoms in total. The van der Waals surface area contributed by atoms with Crippen molar-refractivity contribution in [2.45, 2.75) is 38.4 Å². The first-order chi connectivity index (χ1) is 13.4. The molecule has 0 aliphatic carbocycles. The summed E-state index contributed by atoms with van der Waals surface area (Å²) in [7, 11) is 0. The zero-order valence-corrected chi connectivity index (χ0v) is 15.8. The van der Waals surface area contributed by atoms with Crippen LogP contribution < -0.4 is 0 Å². The van der Waals surface area contributed by atoms with E-state index in [0.29, 0.717) is 6.04 Å². The average molecular weight is 358 g/mol. The molecule has 0 spiro atoms. The number of fused-ring (bicyclic) bond motifs is 2. The van der Waals surface area contributed by atoms with Crippen LogP contribution in [0.3, 0.4) is 0 Å². The van der Waals surface area contributed by atoms with Crippen molar-refractivity contribution in [3.05, 3.63) is 77.6 Å². The Morgan fingerprint density at radius 2 is 1.89 bits per heavy atom. The number of rotatable bonds is 3. The van der Waals surface area contributed by atoms with Crippen molar-refractivity contribution >= 4 is 10.8 Å². The van der Waals surface area contributed by atoms with Crippen LogP contribution in [-0.2, 0) is 19.5 Å². The molecule has 0 bridgehead atoms. The largest absolute Gasteiger partial charge is 0.298 e. The van der Waals surface area contributed by atoms with E-state index in [1.54, 1.807) is 5.56 Å². The molecule has 0 N–H and O–H groups in total.